The molecule has 0 aliphatic heterocycles. The first-order chi connectivity index (χ1) is 12.9. The van der Waals surface area contributed by atoms with Crippen LogP contribution < -0.4 is 10.0 Å². The van der Waals surface area contributed by atoms with E-state index in [4.69, 9.17) is 16.3 Å². The molecule has 2 aromatic heterocycles. The van der Waals surface area contributed by atoms with Crippen LogP contribution in [0.15, 0.2) is 54.9 Å². The van der Waals surface area contributed by atoms with Crippen LogP contribution in [0.2, 0.25) is 5.02 Å². The molecule has 3 rings (SSSR count). The minimum Gasteiger partial charge on any atom is -0.619 e. The standard InChI is InChI=1S/C18H15ClN4O4/c1-22-16(10-15(21-22)12-2-4-14(19)5-3-12)20-17(24)11-27-18(25)13-6-8-23(26)9-7-13/h2-10H,11H2,1H3,(H,20,24). The fourth-order valence-corrected chi connectivity index (χ4v) is 2.41. The number of amides is 1. The lowest BCUT2D eigenvalue weighted by Gasteiger charge is -2.06. The third kappa shape index (κ3) is 4.62. The van der Waals surface area contributed by atoms with Crippen LogP contribution in [0, 0.1) is 5.21 Å². The van der Waals surface area contributed by atoms with Crippen LogP contribution in [-0.2, 0) is 16.6 Å². The van der Waals surface area contributed by atoms with Crippen molar-refractivity contribution < 1.29 is 19.1 Å². The average Bonchev–Trinajstić information content (AvgIpc) is 3.01. The van der Waals surface area contributed by atoms with Gasteiger partial charge in [0, 0.05) is 35.8 Å². The molecule has 138 valence electrons. The summed E-state index contributed by atoms with van der Waals surface area (Å²) in [5, 5.41) is 18.5. The Morgan fingerprint density at radius 2 is 1.89 bits per heavy atom. The van der Waals surface area contributed by atoms with E-state index in [-0.39, 0.29) is 5.56 Å². The number of pyridine rings is 1. The number of ether oxygens (including phenoxy) is 1. The molecule has 1 amide bonds. The molecule has 1 N–H and O–H groups in total. The second kappa shape index (κ2) is 7.88. The highest BCUT2D eigenvalue weighted by atomic mass is 35.5. The smallest absolute Gasteiger partial charge is 0.339 e. The molecule has 0 aliphatic rings. The number of hydrogen-bond donors (Lipinski definition) is 1. The zero-order chi connectivity index (χ0) is 19.4. The largest absolute Gasteiger partial charge is 0.619 e. The second-order valence-corrected chi connectivity index (χ2v) is 6.05. The average molecular weight is 387 g/mol. The van der Waals surface area contributed by atoms with Gasteiger partial charge in [0.2, 0.25) is 0 Å². The minimum absolute atomic E-state index is 0.181. The third-order valence-corrected chi connectivity index (χ3v) is 3.91. The molecule has 27 heavy (non-hydrogen) atoms. The van der Waals surface area contributed by atoms with E-state index in [0.717, 1.165) is 5.56 Å². The maximum Gasteiger partial charge on any atom is 0.339 e. The molecule has 3 aromatic rings. The second-order valence-electron chi connectivity index (χ2n) is 5.62. The SMILES string of the molecule is Cn1nc(-c2ccc(Cl)cc2)cc1NC(=O)COC(=O)c1cc[n+]([O-])cc1. The Kier molecular flexibility index (Phi) is 5.37. The van der Waals surface area contributed by atoms with Gasteiger partial charge in [0.25, 0.3) is 5.91 Å². The lowest BCUT2D eigenvalue weighted by Crippen LogP contribution is -2.25. The van der Waals surface area contributed by atoms with Gasteiger partial charge < -0.3 is 15.3 Å². The van der Waals surface area contributed by atoms with Crippen LogP contribution in [0.25, 0.3) is 11.3 Å². The Hall–Kier alpha value is -3.39. The number of nitrogens with one attached hydrogen (secondary N) is 1. The molecule has 0 spiro atoms. The molecule has 0 saturated carbocycles. The zero-order valence-corrected chi connectivity index (χ0v) is 15.0. The number of hydrogen-bond acceptors (Lipinski definition) is 5. The summed E-state index contributed by atoms with van der Waals surface area (Å²) < 4.78 is 6.99. The summed E-state index contributed by atoms with van der Waals surface area (Å²) in [6.07, 6.45) is 2.34. The lowest BCUT2D eigenvalue weighted by atomic mass is 10.1. The summed E-state index contributed by atoms with van der Waals surface area (Å²) in [5.74, 6) is -0.755. The highest BCUT2D eigenvalue weighted by Crippen LogP contribution is 2.23. The number of rotatable bonds is 5. The van der Waals surface area contributed by atoms with Crippen molar-refractivity contribution in [3.8, 4) is 11.3 Å². The van der Waals surface area contributed by atoms with E-state index in [0.29, 0.717) is 21.3 Å². The van der Waals surface area contributed by atoms with Crippen LogP contribution in [-0.4, -0.2) is 28.3 Å². The molecule has 0 aliphatic carbocycles. The summed E-state index contributed by atoms with van der Waals surface area (Å²) in [6.45, 7) is -0.466. The number of anilines is 1. The molecule has 0 radical (unpaired) electrons. The Balaban J connectivity index is 1.60. The first-order valence-corrected chi connectivity index (χ1v) is 8.26. The minimum atomic E-state index is -0.697. The van der Waals surface area contributed by atoms with Gasteiger partial charge in [-0.25, -0.2) is 4.79 Å². The fraction of sp³-hybridized carbons (Fsp3) is 0.111. The van der Waals surface area contributed by atoms with Crippen LogP contribution in [0.4, 0.5) is 5.82 Å². The van der Waals surface area contributed by atoms with E-state index in [1.165, 1.54) is 29.2 Å². The van der Waals surface area contributed by atoms with Gasteiger partial charge in [-0.05, 0) is 12.1 Å². The van der Waals surface area contributed by atoms with E-state index in [9.17, 15) is 14.8 Å². The van der Waals surface area contributed by atoms with Gasteiger partial charge in [0.15, 0.2) is 19.0 Å². The predicted octanol–water partition coefficient (Wildman–Crippen LogP) is 2.17. The molecular formula is C18H15ClN4O4. The molecule has 0 saturated heterocycles. The number of esters is 1. The van der Waals surface area contributed by atoms with Gasteiger partial charge in [0.1, 0.15) is 5.82 Å². The monoisotopic (exact) mass is 386 g/mol. The zero-order valence-electron chi connectivity index (χ0n) is 14.3. The summed E-state index contributed by atoms with van der Waals surface area (Å²) in [7, 11) is 1.68. The van der Waals surface area contributed by atoms with E-state index in [2.05, 4.69) is 10.4 Å². The van der Waals surface area contributed by atoms with Crippen molar-refractivity contribution in [2.75, 3.05) is 11.9 Å². The first-order valence-electron chi connectivity index (χ1n) is 7.88. The molecule has 0 bridgehead atoms. The molecule has 9 heteroatoms. The Bertz CT molecular complexity index is 968. The van der Waals surface area contributed by atoms with E-state index < -0.39 is 18.5 Å². The van der Waals surface area contributed by atoms with Gasteiger partial charge >= 0.3 is 5.97 Å². The van der Waals surface area contributed by atoms with Crippen molar-refractivity contribution in [2.45, 2.75) is 0 Å². The molecular weight excluding hydrogens is 372 g/mol. The summed E-state index contributed by atoms with van der Waals surface area (Å²) in [6, 6.07) is 11.5. The topological polar surface area (TPSA) is 100 Å². The van der Waals surface area contributed by atoms with Crippen molar-refractivity contribution >= 4 is 29.3 Å². The number of nitrogens with zero attached hydrogens (tertiary/aromatic N) is 3. The van der Waals surface area contributed by atoms with Crippen molar-refractivity contribution in [1.29, 1.82) is 0 Å². The van der Waals surface area contributed by atoms with Crippen molar-refractivity contribution in [3.05, 3.63) is 70.7 Å². The number of carbonyl (C=O) groups is 2. The van der Waals surface area contributed by atoms with Crippen molar-refractivity contribution in [2.24, 2.45) is 7.05 Å². The van der Waals surface area contributed by atoms with Gasteiger partial charge in [-0.15, -0.1) is 0 Å². The molecule has 0 unspecified atom stereocenters. The van der Waals surface area contributed by atoms with Gasteiger partial charge in [-0.1, -0.05) is 23.7 Å². The summed E-state index contributed by atoms with van der Waals surface area (Å²) in [4.78, 5) is 23.9. The predicted molar refractivity (Wildman–Crippen MR) is 98.0 cm³/mol. The van der Waals surface area contributed by atoms with Crippen LogP contribution in [0.3, 0.4) is 0 Å². The molecule has 2 heterocycles. The molecule has 0 fully saturated rings. The highest BCUT2D eigenvalue weighted by Gasteiger charge is 2.14. The van der Waals surface area contributed by atoms with Crippen LogP contribution >= 0.6 is 11.6 Å². The number of carbonyl (C=O) groups excluding carboxylic acids is 2. The number of aromatic nitrogens is 3. The van der Waals surface area contributed by atoms with Crippen LogP contribution in [0.5, 0.6) is 0 Å². The molecule has 1 aromatic carbocycles. The third-order valence-electron chi connectivity index (χ3n) is 3.66. The van der Waals surface area contributed by atoms with E-state index >= 15 is 0 Å². The highest BCUT2D eigenvalue weighted by molar-refractivity contribution is 6.30. The quantitative estimate of drug-likeness (QED) is 0.411. The van der Waals surface area contributed by atoms with Crippen molar-refractivity contribution in [3.63, 3.8) is 0 Å². The summed E-state index contributed by atoms with van der Waals surface area (Å²) in [5.41, 5.74) is 1.69. The first kappa shape index (κ1) is 18.4. The van der Waals surface area contributed by atoms with Crippen LogP contribution in [0.1, 0.15) is 10.4 Å². The van der Waals surface area contributed by atoms with Gasteiger partial charge in [0.05, 0.1) is 11.3 Å². The Morgan fingerprint density at radius 1 is 1.22 bits per heavy atom. The van der Waals surface area contributed by atoms with E-state index in [1.807, 2.05) is 12.1 Å². The van der Waals surface area contributed by atoms with Gasteiger partial charge in [-0.2, -0.15) is 9.83 Å². The van der Waals surface area contributed by atoms with E-state index in [1.54, 1.807) is 25.2 Å². The maximum absolute atomic E-state index is 12.0. The van der Waals surface area contributed by atoms with Crippen molar-refractivity contribution in [1.82, 2.24) is 9.78 Å². The normalized spacial score (nSPS) is 10.4. The molecule has 0 atom stereocenters. The maximum atomic E-state index is 12.0. The number of benzene rings is 1. The Morgan fingerprint density at radius 3 is 2.56 bits per heavy atom. The van der Waals surface area contributed by atoms with Gasteiger partial charge in [-0.3, -0.25) is 9.48 Å². The summed E-state index contributed by atoms with van der Waals surface area (Å²) >= 11 is 5.88. The Labute approximate surface area is 159 Å². The number of halogens is 1. The molecule has 8 nitrogen and oxygen atoms in total. The number of aryl methyl sites for hydroxylation is 1. The lowest BCUT2D eigenvalue weighted by molar-refractivity contribution is -0.605. The fourth-order valence-electron chi connectivity index (χ4n) is 2.29.